The molecular formula is C12H11NO. The maximum absolute atomic E-state index is 10.8. The van der Waals surface area contributed by atoms with Gasteiger partial charge in [-0.05, 0) is 18.1 Å². The van der Waals surface area contributed by atoms with Crippen LogP contribution in [0.4, 0.5) is 0 Å². The number of hydrogen-bond acceptors (Lipinski definition) is 1. The summed E-state index contributed by atoms with van der Waals surface area (Å²) in [5.74, 6) is 0. The molecule has 0 aliphatic carbocycles. The number of rotatable bonds is 3. The molecule has 0 aliphatic heterocycles. The summed E-state index contributed by atoms with van der Waals surface area (Å²) >= 11 is 0. The van der Waals surface area contributed by atoms with Crippen molar-refractivity contribution in [3.05, 3.63) is 48.2 Å². The third-order valence-corrected chi connectivity index (χ3v) is 2.31. The molecule has 1 heterocycles. The Balaban J connectivity index is 2.74. The molecule has 0 fully saturated rings. The number of carbonyl (C=O) groups is 1. The summed E-state index contributed by atoms with van der Waals surface area (Å²) in [7, 11) is 0. The predicted molar refractivity (Wildman–Crippen MR) is 57.6 cm³/mol. The Labute approximate surface area is 82.3 Å². The van der Waals surface area contributed by atoms with Crippen molar-refractivity contribution in [1.82, 2.24) is 4.98 Å². The van der Waals surface area contributed by atoms with E-state index in [1.54, 1.807) is 6.20 Å². The maximum atomic E-state index is 10.8. The molecule has 0 atom stereocenters. The van der Waals surface area contributed by atoms with Crippen LogP contribution < -0.4 is 0 Å². The van der Waals surface area contributed by atoms with Gasteiger partial charge in [0.05, 0.1) is 0 Å². The van der Waals surface area contributed by atoms with Gasteiger partial charge < -0.3 is 4.98 Å². The first kappa shape index (κ1) is 8.75. The molecule has 2 aromatic rings. The van der Waals surface area contributed by atoms with Crippen molar-refractivity contribution in [1.29, 1.82) is 0 Å². The van der Waals surface area contributed by atoms with Crippen LogP contribution in [-0.4, -0.2) is 11.3 Å². The number of aldehydes is 1. The topological polar surface area (TPSA) is 32.9 Å². The van der Waals surface area contributed by atoms with E-state index in [1.165, 1.54) is 0 Å². The fourth-order valence-electron chi connectivity index (χ4n) is 1.71. The minimum atomic E-state index is 0.720. The summed E-state index contributed by atoms with van der Waals surface area (Å²) in [6.45, 7) is 3.70. The van der Waals surface area contributed by atoms with Gasteiger partial charge in [0.25, 0.3) is 0 Å². The zero-order chi connectivity index (χ0) is 9.97. The van der Waals surface area contributed by atoms with E-state index in [0.717, 1.165) is 34.7 Å². The lowest BCUT2D eigenvalue weighted by atomic mass is 10.0. The van der Waals surface area contributed by atoms with E-state index in [2.05, 4.69) is 11.6 Å². The lowest BCUT2D eigenvalue weighted by Crippen LogP contribution is -1.84. The van der Waals surface area contributed by atoms with Crippen LogP contribution in [0.2, 0.25) is 0 Å². The molecule has 0 saturated carbocycles. The Morgan fingerprint density at radius 2 is 2.29 bits per heavy atom. The van der Waals surface area contributed by atoms with Gasteiger partial charge in [0, 0.05) is 22.7 Å². The lowest BCUT2D eigenvalue weighted by molar-refractivity contribution is 0.112. The second-order valence-electron chi connectivity index (χ2n) is 3.19. The van der Waals surface area contributed by atoms with E-state index in [4.69, 9.17) is 0 Å². The van der Waals surface area contributed by atoms with Gasteiger partial charge in [-0.3, -0.25) is 4.79 Å². The van der Waals surface area contributed by atoms with Crippen molar-refractivity contribution in [2.45, 2.75) is 6.42 Å². The molecule has 1 N–H and O–H groups in total. The van der Waals surface area contributed by atoms with Gasteiger partial charge in [0.2, 0.25) is 0 Å². The van der Waals surface area contributed by atoms with Crippen molar-refractivity contribution >= 4 is 17.2 Å². The Morgan fingerprint density at radius 1 is 1.43 bits per heavy atom. The van der Waals surface area contributed by atoms with Crippen LogP contribution >= 0.6 is 0 Å². The molecule has 0 bridgehead atoms. The Morgan fingerprint density at radius 3 is 3.00 bits per heavy atom. The first-order valence-corrected chi connectivity index (χ1v) is 4.52. The Hall–Kier alpha value is -1.83. The number of benzene rings is 1. The Kier molecular flexibility index (Phi) is 2.19. The first-order valence-electron chi connectivity index (χ1n) is 4.52. The second-order valence-corrected chi connectivity index (χ2v) is 3.19. The highest BCUT2D eigenvalue weighted by Crippen LogP contribution is 2.21. The van der Waals surface area contributed by atoms with E-state index >= 15 is 0 Å². The van der Waals surface area contributed by atoms with Gasteiger partial charge >= 0.3 is 0 Å². The number of H-pyrrole nitrogens is 1. The normalized spacial score (nSPS) is 10.3. The van der Waals surface area contributed by atoms with Crippen molar-refractivity contribution in [2.75, 3.05) is 0 Å². The van der Waals surface area contributed by atoms with Crippen LogP contribution in [0.3, 0.4) is 0 Å². The highest BCUT2D eigenvalue weighted by Gasteiger charge is 2.05. The summed E-state index contributed by atoms with van der Waals surface area (Å²) in [5, 5.41) is 1.02. The second kappa shape index (κ2) is 3.50. The van der Waals surface area contributed by atoms with Gasteiger partial charge in [-0.25, -0.2) is 0 Å². The number of aromatic amines is 1. The molecule has 2 rings (SSSR count). The Bertz CT molecular complexity index is 482. The first-order chi connectivity index (χ1) is 6.86. The minimum Gasteiger partial charge on any atom is -0.360 e. The van der Waals surface area contributed by atoms with Crippen LogP contribution in [0.1, 0.15) is 15.9 Å². The van der Waals surface area contributed by atoms with Crippen LogP contribution in [0.15, 0.2) is 37.1 Å². The average molecular weight is 185 g/mol. The van der Waals surface area contributed by atoms with Crippen molar-refractivity contribution < 1.29 is 4.79 Å². The SMILES string of the molecule is C=CCc1cccc2[nH]cc(C=O)c12. The summed E-state index contributed by atoms with van der Waals surface area (Å²) in [5.41, 5.74) is 2.87. The summed E-state index contributed by atoms with van der Waals surface area (Å²) in [6, 6.07) is 5.96. The van der Waals surface area contributed by atoms with Crippen LogP contribution in [0, 0.1) is 0 Å². The highest BCUT2D eigenvalue weighted by molar-refractivity contribution is 5.99. The number of aromatic nitrogens is 1. The fraction of sp³-hybridized carbons (Fsp3) is 0.0833. The summed E-state index contributed by atoms with van der Waals surface area (Å²) in [6.07, 6.45) is 5.25. The molecule has 0 aliphatic rings. The van der Waals surface area contributed by atoms with Crippen LogP contribution in [0.25, 0.3) is 10.9 Å². The molecule has 1 aromatic heterocycles. The zero-order valence-corrected chi connectivity index (χ0v) is 7.79. The summed E-state index contributed by atoms with van der Waals surface area (Å²) < 4.78 is 0. The standard InChI is InChI=1S/C12H11NO/c1-2-4-9-5-3-6-11-12(9)10(8-14)7-13-11/h2-3,5-8,13H,1,4H2. The minimum absolute atomic E-state index is 0.720. The quantitative estimate of drug-likeness (QED) is 0.578. The number of fused-ring (bicyclic) bond motifs is 1. The lowest BCUT2D eigenvalue weighted by Gasteiger charge is -1.99. The van der Waals surface area contributed by atoms with E-state index in [-0.39, 0.29) is 0 Å². The van der Waals surface area contributed by atoms with E-state index in [9.17, 15) is 4.79 Å². The average Bonchev–Trinajstić information content (AvgIpc) is 2.62. The van der Waals surface area contributed by atoms with Gasteiger partial charge in [0.1, 0.15) is 0 Å². The summed E-state index contributed by atoms with van der Waals surface area (Å²) in [4.78, 5) is 13.9. The maximum Gasteiger partial charge on any atom is 0.152 e. The van der Waals surface area contributed by atoms with Crippen molar-refractivity contribution in [3.63, 3.8) is 0 Å². The monoisotopic (exact) mass is 185 g/mol. The molecule has 0 radical (unpaired) electrons. The van der Waals surface area contributed by atoms with E-state index in [0.29, 0.717) is 0 Å². The molecule has 0 amide bonds. The molecule has 70 valence electrons. The molecule has 2 nitrogen and oxygen atoms in total. The predicted octanol–water partition coefficient (Wildman–Crippen LogP) is 2.71. The highest BCUT2D eigenvalue weighted by atomic mass is 16.1. The van der Waals surface area contributed by atoms with Crippen molar-refractivity contribution in [3.8, 4) is 0 Å². The largest absolute Gasteiger partial charge is 0.360 e. The number of nitrogens with one attached hydrogen (secondary N) is 1. The fourth-order valence-corrected chi connectivity index (χ4v) is 1.71. The van der Waals surface area contributed by atoms with Gasteiger partial charge in [-0.2, -0.15) is 0 Å². The van der Waals surface area contributed by atoms with Crippen molar-refractivity contribution in [2.24, 2.45) is 0 Å². The zero-order valence-electron chi connectivity index (χ0n) is 7.79. The van der Waals surface area contributed by atoms with Gasteiger partial charge in [0.15, 0.2) is 6.29 Å². The molecule has 2 heteroatoms. The third-order valence-electron chi connectivity index (χ3n) is 2.31. The van der Waals surface area contributed by atoms with Gasteiger partial charge in [-0.1, -0.05) is 18.2 Å². The molecule has 14 heavy (non-hydrogen) atoms. The van der Waals surface area contributed by atoms with Gasteiger partial charge in [-0.15, -0.1) is 6.58 Å². The smallest absolute Gasteiger partial charge is 0.152 e. The van der Waals surface area contributed by atoms with E-state index < -0.39 is 0 Å². The number of carbonyl (C=O) groups excluding carboxylic acids is 1. The third kappa shape index (κ3) is 1.25. The van der Waals surface area contributed by atoms with Crippen LogP contribution in [-0.2, 0) is 6.42 Å². The number of allylic oxidation sites excluding steroid dienone is 1. The molecule has 0 spiro atoms. The molecular weight excluding hydrogens is 174 g/mol. The molecule has 0 saturated heterocycles. The van der Waals surface area contributed by atoms with Crippen LogP contribution in [0.5, 0.6) is 0 Å². The molecule has 1 aromatic carbocycles. The van der Waals surface area contributed by atoms with E-state index in [1.807, 2.05) is 24.3 Å². The molecule has 0 unspecified atom stereocenters. The number of hydrogen-bond donors (Lipinski definition) is 1.